The highest BCUT2D eigenvalue weighted by molar-refractivity contribution is 5.92. The van der Waals surface area contributed by atoms with Crippen LogP contribution in [-0.2, 0) is 15.0 Å². The predicted octanol–water partition coefficient (Wildman–Crippen LogP) is 2.98. The Morgan fingerprint density at radius 2 is 1.60 bits per heavy atom. The van der Waals surface area contributed by atoms with E-state index in [1.807, 2.05) is 47.4 Å². The van der Waals surface area contributed by atoms with E-state index in [0.717, 1.165) is 49.2 Å². The Labute approximate surface area is 176 Å². The lowest BCUT2D eigenvalue weighted by atomic mass is 9.63. The highest BCUT2D eigenvalue weighted by Crippen LogP contribution is 2.45. The minimum absolute atomic E-state index is 0.257. The second-order valence-corrected chi connectivity index (χ2v) is 7.95. The first-order valence-corrected chi connectivity index (χ1v) is 10.4. The second kappa shape index (κ2) is 8.71. The lowest BCUT2D eigenvalue weighted by Crippen LogP contribution is -2.56. The Morgan fingerprint density at radius 3 is 2.23 bits per heavy atom. The molecule has 0 atom stereocenters. The summed E-state index contributed by atoms with van der Waals surface area (Å²) in [7, 11) is 0. The largest absolute Gasteiger partial charge is 0.367 e. The number of carbonyl (C=O) groups excluding carboxylic acids is 2. The van der Waals surface area contributed by atoms with Crippen molar-refractivity contribution in [2.45, 2.75) is 24.7 Å². The number of piperazine rings is 1. The van der Waals surface area contributed by atoms with E-state index in [4.69, 9.17) is 5.21 Å². The first kappa shape index (κ1) is 20.2. The molecule has 2 fully saturated rings. The molecule has 1 heterocycles. The molecule has 30 heavy (non-hydrogen) atoms. The van der Waals surface area contributed by atoms with Gasteiger partial charge in [-0.1, -0.05) is 55.0 Å². The van der Waals surface area contributed by atoms with Crippen molar-refractivity contribution in [3.63, 3.8) is 0 Å². The molecule has 0 spiro atoms. The van der Waals surface area contributed by atoms with Gasteiger partial charge in [-0.25, -0.2) is 5.48 Å². The van der Waals surface area contributed by atoms with Crippen molar-refractivity contribution in [2.75, 3.05) is 31.1 Å². The maximum atomic E-state index is 13.5. The molecule has 1 saturated carbocycles. The summed E-state index contributed by atoms with van der Waals surface area (Å²) < 4.78 is 0. The molecular formula is C24H27N3O3. The number of hydrogen-bond acceptors (Lipinski definition) is 4. The summed E-state index contributed by atoms with van der Waals surface area (Å²) in [5, 5.41) is 8.69. The average Bonchev–Trinajstić information content (AvgIpc) is 2.77. The van der Waals surface area contributed by atoms with Gasteiger partial charge in [0.05, 0.1) is 5.41 Å². The number of para-hydroxylation sites is 1. The Bertz CT molecular complexity index is 930. The zero-order chi connectivity index (χ0) is 21.0. The van der Waals surface area contributed by atoms with E-state index in [1.54, 1.807) is 11.6 Å². The van der Waals surface area contributed by atoms with Gasteiger partial charge in [0, 0.05) is 37.9 Å². The molecule has 1 aliphatic carbocycles. The molecule has 0 bridgehead atoms. The zero-order valence-corrected chi connectivity index (χ0v) is 17.0. The van der Waals surface area contributed by atoms with E-state index in [2.05, 4.69) is 17.0 Å². The number of anilines is 1. The fourth-order valence-corrected chi connectivity index (χ4v) is 4.49. The summed E-state index contributed by atoms with van der Waals surface area (Å²) in [4.78, 5) is 29.0. The van der Waals surface area contributed by atoms with Crippen LogP contribution in [0.4, 0.5) is 5.69 Å². The molecule has 1 saturated heterocycles. The number of nitrogens with zero attached hydrogens (tertiary/aromatic N) is 2. The van der Waals surface area contributed by atoms with E-state index < -0.39 is 5.91 Å². The number of benzene rings is 2. The average molecular weight is 405 g/mol. The quantitative estimate of drug-likeness (QED) is 0.456. The van der Waals surface area contributed by atoms with Crippen LogP contribution in [-0.4, -0.2) is 48.1 Å². The maximum absolute atomic E-state index is 13.5. The number of amides is 2. The summed E-state index contributed by atoms with van der Waals surface area (Å²) in [6.45, 7) is 2.85. The standard InChI is InChI=1S/C24H27N3O3/c28-22(25-30)12-11-19-7-4-5-10-21(19)26-15-17-27(18-16-26)23(29)24(13-6-14-24)20-8-2-1-3-9-20/h1-5,7-12,30H,6,13-18H2,(H,25,28). The van der Waals surface area contributed by atoms with Crippen molar-refractivity contribution < 1.29 is 14.8 Å². The van der Waals surface area contributed by atoms with Crippen molar-refractivity contribution in [1.82, 2.24) is 10.4 Å². The van der Waals surface area contributed by atoms with Gasteiger partial charge >= 0.3 is 0 Å². The third kappa shape index (κ3) is 3.83. The highest BCUT2D eigenvalue weighted by Gasteiger charge is 2.47. The first-order valence-electron chi connectivity index (χ1n) is 10.4. The normalized spacial score (nSPS) is 18.2. The number of rotatable bonds is 5. The number of hydrogen-bond donors (Lipinski definition) is 2. The van der Waals surface area contributed by atoms with Gasteiger partial charge in [0.25, 0.3) is 5.91 Å². The molecule has 6 nitrogen and oxygen atoms in total. The molecule has 0 aromatic heterocycles. The fourth-order valence-electron chi connectivity index (χ4n) is 4.49. The fraction of sp³-hybridized carbons (Fsp3) is 0.333. The Hall–Kier alpha value is -3.12. The Morgan fingerprint density at radius 1 is 0.933 bits per heavy atom. The molecule has 156 valence electrons. The summed E-state index contributed by atoms with van der Waals surface area (Å²) in [5.41, 5.74) is 4.33. The Kier molecular flexibility index (Phi) is 5.86. The van der Waals surface area contributed by atoms with Gasteiger partial charge in [0.1, 0.15) is 0 Å². The van der Waals surface area contributed by atoms with Crippen LogP contribution in [0.1, 0.15) is 30.4 Å². The summed E-state index contributed by atoms with van der Waals surface area (Å²) in [6.07, 6.45) is 5.95. The van der Waals surface area contributed by atoms with E-state index in [9.17, 15) is 9.59 Å². The van der Waals surface area contributed by atoms with Crippen LogP contribution < -0.4 is 10.4 Å². The number of carbonyl (C=O) groups is 2. The topological polar surface area (TPSA) is 72.9 Å². The van der Waals surface area contributed by atoms with Gasteiger partial charge in [-0.3, -0.25) is 14.8 Å². The smallest absolute Gasteiger partial charge is 0.267 e. The number of hydroxylamine groups is 1. The third-order valence-corrected chi connectivity index (χ3v) is 6.31. The van der Waals surface area contributed by atoms with E-state index in [0.29, 0.717) is 13.1 Å². The van der Waals surface area contributed by atoms with Crippen molar-refractivity contribution in [3.8, 4) is 0 Å². The van der Waals surface area contributed by atoms with Gasteiger partial charge in [0.15, 0.2) is 0 Å². The van der Waals surface area contributed by atoms with Crippen LogP contribution in [0.25, 0.3) is 6.08 Å². The van der Waals surface area contributed by atoms with Crippen molar-refractivity contribution >= 4 is 23.6 Å². The third-order valence-electron chi connectivity index (χ3n) is 6.31. The van der Waals surface area contributed by atoms with Crippen LogP contribution in [0.3, 0.4) is 0 Å². The molecule has 2 aliphatic rings. The van der Waals surface area contributed by atoms with Crippen LogP contribution in [0.5, 0.6) is 0 Å². The molecule has 1 aliphatic heterocycles. The Balaban J connectivity index is 1.45. The second-order valence-electron chi connectivity index (χ2n) is 7.95. The van der Waals surface area contributed by atoms with Crippen molar-refractivity contribution in [2.24, 2.45) is 0 Å². The van der Waals surface area contributed by atoms with Gasteiger partial charge in [-0.05, 0) is 36.1 Å². The van der Waals surface area contributed by atoms with Crippen LogP contribution in [0.15, 0.2) is 60.7 Å². The van der Waals surface area contributed by atoms with Crippen molar-refractivity contribution in [1.29, 1.82) is 0 Å². The van der Waals surface area contributed by atoms with Gasteiger partial charge in [0.2, 0.25) is 5.91 Å². The summed E-state index contributed by atoms with van der Waals surface area (Å²) in [6, 6.07) is 18.0. The summed E-state index contributed by atoms with van der Waals surface area (Å²) >= 11 is 0. The molecule has 0 radical (unpaired) electrons. The van der Waals surface area contributed by atoms with Crippen molar-refractivity contribution in [3.05, 3.63) is 71.8 Å². The van der Waals surface area contributed by atoms with Gasteiger partial charge in [-0.2, -0.15) is 0 Å². The van der Waals surface area contributed by atoms with E-state index in [1.165, 1.54) is 6.08 Å². The first-order chi connectivity index (χ1) is 14.6. The highest BCUT2D eigenvalue weighted by atomic mass is 16.5. The van der Waals surface area contributed by atoms with Crippen LogP contribution in [0.2, 0.25) is 0 Å². The lowest BCUT2D eigenvalue weighted by molar-refractivity contribution is -0.141. The molecule has 4 rings (SSSR count). The molecular weight excluding hydrogens is 378 g/mol. The molecule has 2 N–H and O–H groups in total. The molecule has 0 unspecified atom stereocenters. The molecule has 2 aromatic carbocycles. The van der Waals surface area contributed by atoms with E-state index in [-0.39, 0.29) is 11.3 Å². The van der Waals surface area contributed by atoms with Crippen LogP contribution >= 0.6 is 0 Å². The monoisotopic (exact) mass is 405 g/mol. The molecule has 6 heteroatoms. The minimum Gasteiger partial charge on any atom is -0.367 e. The lowest BCUT2D eigenvalue weighted by Gasteiger charge is -2.46. The number of nitrogens with one attached hydrogen (secondary N) is 1. The maximum Gasteiger partial charge on any atom is 0.267 e. The SMILES string of the molecule is O=C(C=Cc1ccccc1N1CCN(C(=O)C2(c3ccccc3)CCC2)CC1)NO. The van der Waals surface area contributed by atoms with Crippen LogP contribution in [0, 0.1) is 0 Å². The predicted molar refractivity (Wildman–Crippen MR) is 116 cm³/mol. The zero-order valence-electron chi connectivity index (χ0n) is 17.0. The van der Waals surface area contributed by atoms with Gasteiger partial charge < -0.3 is 9.80 Å². The van der Waals surface area contributed by atoms with Gasteiger partial charge in [-0.15, -0.1) is 0 Å². The summed E-state index contributed by atoms with van der Waals surface area (Å²) in [5.74, 6) is -0.306. The van der Waals surface area contributed by atoms with E-state index >= 15 is 0 Å². The minimum atomic E-state index is -0.563. The molecule has 2 aromatic rings. The molecule has 2 amide bonds.